The minimum atomic E-state index is -0.0315. The average molecular weight is 311 g/mol. The number of likely N-dealkylation sites (tertiary alicyclic amines) is 1. The van der Waals surface area contributed by atoms with Gasteiger partial charge < -0.3 is 9.64 Å². The maximum absolute atomic E-state index is 12.7. The third-order valence-corrected chi connectivity index (χ3v) is 4.25. The van der Waals surface area contributed by atoms with Gasteiger partial charge in [0.05, 0.1) is 12.7 Å². The highest BCUT2D eigenvalue weighted by Gasteiger charge is 2.26. The van der Waals surface area contributed by atoms with Gasteiger partial charge in [0.1, 0.15) is 6.10 Å². The number of nitrogens with zero attached hydrogens (tertiary/aromatic N) is 3. The zero-order valence-electron chi connectivity index (χ0n) is 13.5. The first kappa shape index (κ1) is 15.5. The normalized spacial score (nSPS) is 17.8. The molecule has 1 saturated heterocycles. The molecule has 0 radical (unpaired) electrons. The van der Waals surface area contributed by atoms with Crippen LogP contribution in [-0.4, -0.2) is 40.0 Å². The highest BCUT2D eigenvalue weighted by atomic mass is 16.5. The molecular formula is C18H21N3O2. The van der Waals surface area contributed by atoms with E-state index in [0.29, 0.717) is 12.4 Å². The van der Waals surface area contributed by atoms with Crippen LogP contribution < -0.4 is 4.74 Å². The molecule has 1 unspecified atom stereocenters. The summed E-state index contributed by atoms with van der Waals surface area (Å²) in [4.78, 5) is 22.7. The Balaban J connectivity index is 1.68. The minimum Gasteiger partial charge on any atom is -0.471 e. The smallest absolute Gasteiger partial charge is 0.253 e. The molecule has 1 atom stereocenters. The number of hydrogen-bond acceptors (Lipinski definition) is 4. The van der Waals surface area contributed by atoms with Crippen molar-refractivity contribution in [2.75, 3.05) is 13.1 Å². The van der Waals surface area contributed by atoms with Crippen molar-refractivity contribution in [3.8, 4) is 5.88 Å². The number of amides is 1. The van der Waals surface area contributed by atoms with E-state index in [-0.39, 0.29) is 12.0 Å². The number of piperidine rings is 1. The van der Waals surface area contributed by atoms with Crippen LogP contribution in [0.5, 0.6) is 5.88 Å². The zero-order chi connectivity index (χ0) is 16.2. The number of hydrogen-bond donors (Lipinski definition) is 0. The second-order valence-electron chi connectivity index (χ2n) is 5.98. The molecule has 3 rings (SSSR count). The summed E-state index contributed by atoms with van der Waals surface area (Å²) in [5.74, 6) is 0.582. The Morgan fingerprint density at radius 2 is 2.13 bits per heavy atom. The summed E-state index contributed by atoms with van der Waals surface area (Å²) in [6.45, 7) is 5.44. The van der Waals surface area contributed by atoms with E-state index in [1.807, 2.05) is 30.0 Å². The van der Waals surface area contributed by atoms with Crippen molar-refractivity contribution >= 4 is 5.91 Å². The van der Waals surface area contributed by atoms with Gasteiger partial charge in [0.15, 0.2) is 0 Å². The van der Waals surface area contributed by atoms with Crippen molar-refractivity contribution in [1.82, 2.24) is 14.9 Å². The van der Waals surface area contributed by atoms with E-state index >= 15 is 0 Å². The molecule has 1 aliphatic heterocycles. The van der Waals surface area contributed by atoms with Gasteiger partial charge in [0, 0.05) is 24.5 Å². The van der Waals surface area contributed by atoms with Crippen LogP contribution in [0.4, 0.5) is 0 Å². The van der Waals surface area contributed by atoms with Gasteiger partial charge >= 0.3 is 0 Å². The number of carbonyl (C=O) groups is 1. The average Bonchev–Trinajstić information content (AvgIpc) is 2.58. The van der Waals surface area contributed by atoms with E-state index in [1.165, 1.54) is 5.56 Å². The summed E-state index contributed by atoms with van der Waals surface area (Å²) < 4.78 is 5.85. The van der Waals surface area contributed by atoms with Gasteiger partial charge in [-0.15, -0.1) is 0 Å². The second-order valence-corrected chi connectivity index (χ2v) is 5.98. The lowest BCUT2D eigenvalue weighted by atomic mass is 10.0. The van der Waals surface area contributed by atoms with Crippen molar-refractivity contribution in [3.63, 3.8) is 0 Å². The van der Waals surface area contributed by atoms with Gasteiger partial charge in [0.2, 0.25) is 5.88 Å². The van der Waals surface area contributed by atoms with Crippen LogP contribution in [0.15, 0.2) is 36.8 Å². The molecule has 120 valence electrons. The highest BCUT2D eigenvalue weighted by Crippen LogP contribution is 2.19. The van der Waals surface area contributed by atoms with Crippen LogP contribution in [0.1, 0.15) is 34.3 Å². The van der Waals surface area contributed by atoms with E-state index in [2.05, 4.69) is 16.9 Å². The zero-order valence-corrected chi connectivity index (χ0v) is 13.5. The lowest BCUT2D eigenvalue weighted by Gasteiger charge is -2.32. The van der Waals surface area contributed by atoms with Gasteiger partial charge in [-0.2, -0.15) is 0 Å². The third-order valence-electron chi connectivity index (χ3n) is 4.25. The van der Waals surface area contributed by atoms with Crippen molar-refractivity contribution in [3.05, 3.63) is 53.5 Å². The molecule has 1 amide bonds. The fraction of sp³-hybridized carbons (Fsp3) is 0.389. The van der Waals surface area contributed by atoms with Gasteiger partial charge in [-0.3, -0.25) is 9.78 Å². The van der Waals surface area contributed by atoms with Crippen molar-refractivity contribution < 1.29 is 9.53 Å². The number of carbonyl (C=O) groups excluding carboxylic acids is 1. The summed E-state index contributed by atoms with van der Waals surface area (Å²) in [7, 11) is 0. The fourth-order valence-electron chi connectivity index (χ4n) is 2.79. The van der Waals surface area contributed by atoms with Crippen molar-refractivity contribution in [2.24, 2.45) is 0 Å². The SMILES string of the molecule is Cc1ccc(C(=O)N2CCCC(Oc3cnccn3)C2)cc1C. The maximum atomic E-state index is 12.7. The third kappa shape index (κ3) is 3.67. The Morgan fingerprint density at radius 3 is 2.87 bits per heavy atom. The van der Waals surface area contributed by atoms with Crippen molar-refractivity contribution in [1.29, 1.82) is 0 Å². The number of benzene rings is 1. The molecule has 23 heavy (non-hydrogen) atoms. The number of aromatic nitrogens is 2. The van der Waals surface area contributed by atoms with E-state index in [0.717, 1.165) is 30.5 Å². The second kappa shape index (κ2) is 6.77. The molecule has 0 bridgehead atoms. The lowest BCUT2D eigenvalue weighted by Crippen LogP contribution is -2.44. The molecule has 1 aromatic heterocycles. The predicted octanol–water partition coefficient (Wildman–Crippen LogP) is 2.78. The number of aryl methyl sites for hydroxylation is 2. The van der Waals surface area contributed by atoms with Gasteiger partial charge in [-0.25, -0.2) is 4.98 Å². The molecule has 5 nitrogen and oxygen atoms in total. The quantitative estimate of drug-likeness (QED) is 0.874. The van der Waals surface area contributed by atoms with E-state index in [4.69, 9.17) is 4.74 Å². The topological polar surface area (TPSA) is 55.3 Å². The van der Waals surface area contributed by atoms with E-state index < -0.39 is 0 Å². The summed E-state index contributed by atoms with van der Waals surface area (Å²) in [5, 5.41) is 0. The number of rotatable bonds is 3. The molecule has 0 spiro atoms. The molecule has 0 aliphatic carbocycles. The Morgan fingerprint density at radius 1 is 1.26 bits per heavy atom. The van der Waals surface area contributed by atoms with Gasteiger partial charge in [-0.05, 0) is 49.9 Å². The van der Waals surface area contributed by atoms with E-state index in [9.17, 15) is 4.79 Å². The fourth-order valence-corrected chi connectivity index (χ4v) is 2.79. The molecule has 5 heteroatoms. The molecule has 2 heterocycles. The van der Waals surface area contributed by atoms with Gasteiger partial charge in [-0.1, -0.05) is 6.07 Å². The summed E-state index contributed by atoms with van der Waals surface area (Å²) >= 11 is 0. The Hall–Kier alpha value is -2.43. The Labute approximate surface area is 136 Å². The van der Waals surface area contributed by atoms with Crippen LogP contribution >= 0.6 is 0 Å². The van der Waals surface area contributed by atoms with Crippen molar-refractivity contribution in [2.45, 2.75) is 32.8 Å². The first-order valence-corrected chi connectivity index (χ1v) is 7.92. The maximum Gasteiger partial charge on any atom is 0.253 e. The molecule has 1 fully saturated rings. The Bertz CT molecular complexity index is 688. The summed E-state index contributed by atoms with van der Waals surface area (Å²) in [6.07, 6.45) is 6.65. The van der Waals surface area contributed by atoms with Crippen LogP contribution in [0.2, 0.25) is 0 Å². The minimum absolute atomic E-state index is 0.0315. The van der Waals surface area contributed by atoms with Gasteiger partial charge in [0.25, 0.3) is 5.91 Å². The van der Waals surface area contributed by atoms with E-state index in [1.54, 1.807) is 18.6 Å². The van der Waals surface area contributed by atoms with Crippen LogP contribution in [-0.2, 0) is 0 Å². The lowest BCUT2D eigenvalue weighted by molar-refractivity contribution is 0.0527. The molecule has 1 aliphatic rings. The van der Waals surface area contributed by atoms with Crippen LogP contribution in [0, 0.1) is 13.8 Å². The molecule has 1 aromatic carbocycles. The first-order valence-electron chi connectivity index (χ1n) is 7.92. The summed E-state index contributed by atoms with van der Waals surface area (Å²) in [6, 6.07) is 5.86. The predicted molar refractivity (Wildman–Crippen MR) is 87.5 cm³/mol. The Kier molecular flexibility index (Phi) is 4.55. The molecule has 0 N–H and O–H groups in total. The monoisotopic (exact) mass is 311 g/mol. The van der Waals surface area contributed by atoms with Crippen LogP contribution in [0.25, 0.3) is 0 Å². The molecule has 2 aromatic rings. The number of ether oxygens (including phenoxy) is 1. The standard InChI is InChI=1S/C18H21N3O2/c1-13-5-6-15(10-14(13)2)18(22)21-9-3-4-16(12-21)23-17-11-19-7-8-20-17/h5-8,10-11,16H,3-4,9,12H2,1-2H3. The summed E-state index contributed by atoms with van der Waals surface area (Å²) in [5.41, 5.74) is 3.08. The molecule has 0 saturated carbocycles. The van der Waals surface area contributed by atoms with Crippen LogP contribution in [0.3, 0.4) is 0 Å². The molecular weight excluding hydrogens is 290 g/mol. The highest BCUT2D eigenvalue weighted by molar-refractivity contribution is 5.94. The largest absolute Gasteiger partial charge is 0.471 e. The first-order chi connectivity index (χ1) is 11.1.